The Labute approximate surface area is 88.5 Å². The molecule has 1 aliphatic rings. The number of ether oxygens (including phenoxy) is 1. The van der Waals surface area contributed by atoms with Gasteiger partial charge in [0.25, 0.3) is 0 Å². The summed E-state index contributed by atoms with van der Waals surface area (Å²) in [6.45, 7) is 2.19. The number of aliphatic hydroxyl groups is 1. The molecule has 0 radical (unpaired) electrons. The summed E-state index contributed by atoms with van der Waals surface area (Å²) in [5.74, 6) is 0.820. The van der Waals surface area contributed by atoms with Crippen LogP contribution in [0.25, 0.3) is 0 Å². The van der Waals surface area contributed by atoms with Crippen molar-refractivity contribution in [2.24, 2.45) is 0 Å². The van der Waals surface area contributed by atoms with Crippen molar-refractivity contribution < 1.29 is 9.84 Å². The molecule has 0 amide bonds. The van der Waals surface area contributed by atoms with Crippen LogP contribution in [0.4, 0.5) is 0 Å². The molecule has 0 saturated carbocycles. The number of hydrogen-bond donors (Lipinski definition) is 1. The number of fused-ring (bicyclic) bond motifs is 1. The maximum Gasteiger partial charge on any atom is 0.141 e. The van der Waals surface area contributed by atoms with Crippen LogP contribution in [0.3, 0.4) is 0 Å². The minimum atomic E-state index is 0.158. The first kappa shape index (κ1) is 9.81. The van der Waals surface area contributed by atoms with Crippen LogP contribution in [0.2, 0.25) is 5.02 Å². The van der Waals surface area contributed by atoms with Crippen molar-refractivity contribution in [2.45, 2.75) is 25.9 Å². The lowest BCUT2D eigenvalue weighted by Gasteiger charge is -2.06. The number of halogens is 1. The van der Waals surface area contributed by atoms with Crippen molar-refractivity contribution in [1.29, 1.82) is 0 Å². The Kier molecular flexibility index (Phi) is 2.66. The Bertz CT molecular complexity index is 349. The van der Waals surface area contributed by atoms with Gasteiger partial charge in [-0.25, -0.2) is 0 Å². The molecule has 76 valence electrons. The summed E-state index contributed by atoms with van der Waals surface area (Å²) in [6, 6.07) is 3.94. The van der Waals surface area contributed by atoms with E-state index in [1.165, 1.54) is 0 Å². The maximum atomic E-state index is 8.84. The third kappa shape index (κ3) is 1.72. The normalized spacial score (nSPS) is 19.2. The molecule has 0 bridgehead atoms. The van der Waals surface area contributed by atoms with E-state index in [1.807, 2.05) is 13.0 Å². The predicted octanol–water partition coefficient (Wildman–Crippen LogP) is 2.20. The molecule has 0 saturated heterocycles. The van der Waals surface area contributed by atoms with Crippen molar-refractivity contribution in [3.63, 3.8) is 0 Å². The van der Waals surface area contributed by atoms with Gasteiger partial charge in [0.2, 0.25) is 0 Å². The zero-order valence-electron chi connectivity index (χ0n) is 8.09. The van der Waals surface area contributed by atoms with E-state index in [2.05, 4.69) is 6.07 Å². The van der Waals surface area contributed by atoms with Crippen LogP contribution >= 0.6 is 11.6 Å². The van der Waals surface area contributed by atoms with Gasteiger partial charge in [0, 0.05) is 13.0 Å². The summed E-state index contributed by atoms with van der Waals surface area (Å²) in [5.41, 5.74) is 2.24. The smallest absolute Gasteiger partial charge is 0.141 e. The minimum absolute atomic E-state index is 0.158. The summed E-state index contributed by atoms with van der Waals surface area (Å²) in [4.78, 5) is 0. The Balaban J connectivity index is 2.36. The topological polar surface area (TPSA) is 29.5 Å². The summed E-state index contributed by atoms with van der Waals surface area (Å²) in [6.07, 6.45) is 1.78. The van der Waals surface area contributed by atoms with Crippen LogP contribution in [0.1, 0.15) is 18.1 Å². The van der Waals surface area contributed by atoms with Gasteiger partial charge in [-0.2, -0.15) is 0 Å². The van der Waals surface area contributed by atoms with Gasteiger partial charge in [0.05, 0.1) is 5.02 Å². The lowest BCUT2D eigenvalue weighted by molar-refractivity contribution is 0.255. The molecule has 0 aromatic heterocycles. The van der Waals surface area contributed by atoms with E-state index in [0.29, 0.717) is 11.4 Å². The van der Waals surface area contributed by atoms with Crippen LogP contribution in [0.15, 0.2) is 12.1 Å². The molecule has 1 N–H and O–H groups in total. The fraction of sp³-hybridized carbons (Fsp3) is 0.455. The van der Waals surface area contributed by atoms with Crippen molar-refractivity contribution in [2.75, 3.05) is 6.61 Å². The molecule has 0 fully saturated rings. The second-order valence-electron chi connectivity index (χ2n) is 3.67. The molecule has 2 rings (SSSR count). The Morgan fingerprint density at radius 3 is 3.07 bits per heavy atom. The second-order valence-corrected chi connectivity index (χ2v) is 4.08. The maximum absolute atomic E-state index is 8.84. The van der Waals surface area contributed by atoms with Crippen molar-refractivity contribution >= 4 is 11.6 Å². The lowest BCUT2D eigenvalue weighted by Crippen LogP contribution is -2.05. The number of hydrogen-bond acceptors (Lipinski definition) is 2. The highest BCUT2D eigenvalue weighted by Crippen LogP contribution is 2.36. The fourth-order valence-electron chi connectivity index (χ4n) is 1.82. The van der Waals surface area contributed by atoms with Crippen LogP contribution in [0.5, 0.6) is 5.75 Å². The van der Waals surface area contributed by atoms with E-state index in [1.54, 1.807) is 0 Å². The number of rotatable bonds is 2. The van der Waals surface area contributed by atoms with Crippen molar-refractivity contribution in [3.8, 4) is 5.75 Å². The average Bonchev–Trinajstić information content (AvgIpc) is 2.47. The van der Waals surface area contributed by atoms with Gasteiger partial charge in [-0.05, 0) is 30.5 Å². The molecule has 1 aromatic rings. The summed E-state index contributed by atoms with van der Waals surface area (Å²) >= 11 is 6.07. The molecule has 0 spiro atoms. The summed E-state index contributed by atoms with van der Waals surface area (Å²) in [5, 5.41) is 9.50. The molecule has 3 heteroatoms. The van der Waals surface area contributed by atoms with Gasteiger partial charge in [0.15, 0.2) is 0 Å². The minimum Gasteiger partial charge on any atom is -0.489 e. The van der Waals surface area contributed by atoms with E-state index < -0.39 is 0 Å². The third-order valence-electron chi connectivity index (χ3n) is 2.41. The second kappa shape index (κ2) is 3.79. The van der Waals surface area contributed by atoms with Crippen molar-refractivity contribution in [1.82, 2.24) is 0 Å². The van der Waals surface area contributed by atoms with Gasteiger partial charge in [0.1, 0.15) is 11.9 Å². The molecule has 1 aliphatic heterocycles. The zero-order valence-corrected chi connectivity index (χ0v) is 8.84. The molecule has 1 unspecified atom stereocenters. The number of aliphatic hydroxyl groups excluding tert-OH is 1. The first-order valence-electron chi connectivity index (χ1n) is 4.79. The Morgan fingerprint density at radius 1 is 1.57 bits per heavy atom. The highest BCUT2D eigenvalue weighted by atomic mass is 35.5. The zero-order chi connectivity index (χ0) is 10.1. The van der Waals surface area contributed by atoms with Gasteiger partial charge in [-0.1, -0.05) is 17.7 Å². The van der Waals surface area contributed by atoms with E-state index in [9.17, 15) is 0 Å². The van der Waals surface area contributed by atoms with Gasteiger partial charge < -0.3 is 9.84 Å². The predicted molar refractivity (Wildman–Crippen MR) is 56.0 cm³/mol. The van der Waals surface area contributed by atoms with Crippen LogP contribution in [-0.2, 0) is 12.8 Å². The van der Waals surface area contributed by atoms with Crippen LogP contribution in [0, 0.1) is 0 Å². The standard InChI is InChI=1S/C11H13ClO2/c1-7-4-9-5-8(2-3-13)6-10(12)11(9)14-7/h5-7,13H,2-4H2,1H3. The molecule has 1 heterocycles. The Morgan fingerprint density at radius 2 is 2.36 bits per heavy atom. The molecule has 14 heavy (non-hydrogen) atoms. The van der Waals surface area contributed by atoms with E-state index >= 15 is 0 Å². The average molecular weight is 213 g/mol. The van der Waals surface area contributed by atoms with Gasteiger partial charge in [-0.3, -0.25) is 0 Å². The highest BCUT2D eigenvalue weighted by Gasteiger charge is 2.22. The summed E-state index contributed by atoms with van der Waals surface area (Å²) < 4.78 is 5.58. The first-order valence-corrected chi connectivity index (χ1v) is 5.17. The van der Waals surface area contributed by atoms with E-state index in [0.717, 1.165) is 23.3 Å². The quantitative estimate of drug-likeness (QED) is 0.815. The molecular weight excluding hydrogens is 200 g/mol. The Hall–Kier alpha value is -0.730. The third-order valence-corrected chi connectivity index (χ3v) is 2.69. The fourth-order valence-corrected chi connectivity index (χ4v) is 2.13. The summed E-state index contributed by atoms with van der Waals surface area (Å²) in [7, 11) is 0. The van der Waals surface area contributed by atoms with Crippen LogP contribution < -0.4 is 4.74 Å². The lowest BCUT2D eigenvalue weighted by atomic mass is 10.1. The van der Waals surface area contributed by atoms with E-state index in [4.69, 9.17) is 21.4 Å². The molecule has 1 atom stereocenters. The monoisotopic (exact) mass is 212 g/mol. The first-order chi connectivity index (χ1) is 6.70. The highest BCUT2D eigenvalue weighted by molar-refractivity contribution is 6.32. The largest absolute Gasteiger partial charge is 0.489 e. The molecule has 0 aliphatic carbocycles. The molecular formula is C11H13ClO2. The molecule has 2 nitrogen and oxygen atoms in total. The van der Waals surface area contributed by atoms with Crippen LogP contribution in [-0.4, -0.2) is 17.8 Å². The van der Waals surface area contributed by atoms with Gasteiger partial charge >= 0.3 is 0 Å². The van der Waals surface area contributed by atoms with E-state index in [-0.39, 0.29) is 12.7 Å². The number of benzene rings is 1. The molecule has 1 aromatic carbocycles. The van der Waals surface area contributed by atoms with Gasteiger partial charge in [-0.15, -0.1) is 0 Å². The SMILES string of the molecule is CC1Cc2cc(CCO)cc(Cl)c2O1. The van der Waals surface area contributed by atoms with Crippen molar-refractivity contribution in [3.05, 3.63) is 28.3 Å².